The molecule has 0 unspecified atom stereocenters. The van der Waals surface area contributed by atoms with E-state index >= 15 is 0 Å². The second-order valence-corrected chi connectivity index (χ2v) is 3.61. The van der Waals surface area contributed by atoms with Crippen molar-refractivity contribution in [1.29, 1.82) is 0 Å². The van der Waals surface area contributed by atoms with E-state index < -0.39 is 11.6 Å². The first-order valence-electron chi connectivity index (χ1n) is 5.44. The van der Waals surface area contributed by atoms with E-state index in [0.717, 1.165) is 0 Å². The second-order valence-electron chi connectivity index (χ2n) is 3.61. The van der Waals surface area contributed by atoms with Crippen LogP contribution in [0.3, 0.4) is 0 Å². The molecule has 1 heterocycles. The minimum atomic E-state index is -0.622. The topological polar surface area (TPSA) is 57.0 Å². The summed E-state index contributed by atoms with van der Waals surface area (Å²) in [6, 6.07) is 4.10. The van der Waals surface area contributed by atoms with Crippen LogP contribution in [0.25, 0.3) is 0 Å². The van der Waals surface area contributed by atoms with Crippen LogP contribution in [0.5, 0.6) is 5.75 Å². The van der Waals surface area contributed by atoms with Crippen molar-refractivity contribution in [3.8, 4) is 5.75 Å². The first-order chi connectivity index (χ1) is 8.67. The van der Waals surface area contributed by atoms with E-state index in [1.807, 2.05) is 6.92 Å². The van der Waals surface area contributed by atoms with Crippen molar-refractivity contribution in [1.82, 2.24) is 15.0 Å². The number of nitrogens with zero attached hydrogens (tertiary/aromatic N) is 3. The monoisotopic (exact) mass is 249 g/mol. The van der Waals surface area contributed by atoms with Gasteiger partial charge in [-0.3, -0.25) is 4.79 Å². The third-order valence-electron chi connectivity index (χ3n) is 2.57. The fourth-order valence-corrected chi connectivity index (χ4v) is 1.61. The van der Waals surface area contributed by atoms with Gasteiger partial charge in [-0.05, 0) is 19.1 Å². The number of aromatic nitrogens is 3. The summed E-state index contributed by atoms with van der Waals surface area (Å²) in [5, 5.41) is 7.39. The fourth-order valence-electron chi connectivity index (χ4n) is 1.61. The number of ketones is 1. The molecule has 5 nitrogen and oxygen atoms in total. The molecule has 2 aromatic rings. The van der Waals surface area contributed by atoms with E-state index in [-0.39, 0.29) is 11.3 Å². The number of hydrogen-bond acceptors (Lipinski definition) is 4. The second kappa shape index (κ2) is 4.95. The molecule has 94 valence electrons. The van der Waals surface area contributed by atoms with Gasteiger partial charge in [-0.2, -0.15) is 0 Å². The lowest BCUT2D eigenvalue weighted by Crippen LogP contribution is -2.12. The third-order valence-corrected chi connectivity index (χ3v) is 2.57. The van der Waals surface area contributed by atoms with Crippen LogP contribution in [0, 0.1) is 5.82 Å². The largest absolute Gasteiger partial charge is 0.497 e. The van der Waals surface area contributed by atoms with E-state index in [1.54, 1.807) is 0 Å². The molecule has 0 radical (unpaired) electrons. The summed E-state index contributed by atoms with van der Waals surface area (Å²) in [6.07, 6.45) is 1.33. The third kappa shape index (κ3) is 2.09. The van der Waals surface area contributed by atoms with Gasteiger partial charge in [0.2, 0.25) is 5.78 Å². The van der Waals surface area contributed by atoms with Crippen LogP contribution in [-0.4, -0.2) is 27.9 Å². The molecule has 0 N–H and O–H groups in total. The van der Waals surface area contributed by atoms with Crippen LogP contribution in [0.15, 0.2) is 24.4 Å². The molecule has 0 aliphatic heterocycles. The fraction of sp³-hybridized carbons (Fsp3) is 0.250. The zero-order valence-corrected chi connectivity index (χ0v) is 10.1. The molecule has 0 aliphatic carbocycles. The summed E-state index contributed by atoms with van der Waals surface area (Å²) >= 11 is 0. The standard InChI is InChI=1S/C12H12FN3O2/c1-3-16-11(7-14-15-16)12(17)9-5-4-8(18-2)6-10(9)13/h4-7H,3H2,1-2H3. The van der Waals surface area contributed by atoms with Gasteiger partial charge in [-0.25, -0.2) is 9.07 Å². The number of hydrogen-bond donors (Lipinski definition) is 0. The van der Waals surface area contributed by atoms with Gasteiger partial charge in [-0.1, -0.05) is 5.21 Å². The van der Waals surface area contributed by atoms with Gasteiger partial charge < -0.3 is 4.74 Å². The number of carbonyl (C=O) groups is 1. The van der Waals surface area contributed by atoms with E-state index in [4.69, 9.17) is 4.74 Å². The number of rotatable bonds is 4. The van der Waals surface area contributed by atoms with Crippen LogP contribution < -0.4 is 4.74 Å². The zero-order chi connectivity index (χ0) is 13.1. The van der Waals surface area contributed by atoms with E-state index in [2.05, 4.69) is 10.3 Å². The van der Waals surface area contributed by atoms with E-state index in [9.17, 15) is 9.18 Å². The Labute approximate surface area is 103 Å². The lowest BCUT2D eigenvalue weighted by atomic mass is 10.1. The first-order valence-corrected chi connectivity index (χ1v) is 5.44. The Hall–Kier alpha value is -2.24. The molecule has 1 aromatic carbocycles. The summed E-state index contributed by atoms with van der Waals surface area (Å²) in [5.41, 5.74) is 0.245. The lowest BCUT2D eigenvalue weighted by Gasteiger charge is -2.05. The number of ether oxygens (including phenoxy) is 1. The summed E-state index contributed by atoms with van der Waals surface area (Å²) in [7, 11) is 1.44. The molecule has 18 heavy (non-hydrogen) atoms. The van der Waals surface area contributed by atoms with Gasteiger partial charge >= 0.3 is 0 Å². The molecular formula is C12H12FN3O2. The van der Waals surface area contributed by atoms with Crippen LogP contribution in [0.2, 0.25) is 0 Å². The number of aryl methyl sites for hydroxylation is 1. The molecule has 0 spiro atoms. The maximum atomic E-state index is 13.8. The maximum Gasteiger partial charge on any atom is 0.215 e. The predicted octanol–water partition coefficient (Wildman–Crippen LogP) is 1.68. The molecule has 6 heteroatoms. The highest BCUT2D eigenvalue weighted by molar-refractivity contribution is 6.07. The highest BCUT2D eigenvalue weighted by Crippen LogP contribution is 2.18. The quantitative estimate of drug-likeness (QED) is 0.773. The minimum absolute atomic E-state index is 0.0206. The SMILES string of the molecule is CCn1nncc1C(=O)c1ccc(OC)cc1F. The molecule has 0 aliphatic rings. The number of benzene rings is 1. The molecule has 0 bridgehead atoms. The van der Waals surface area contributed by atoms with Crippen molar-refractivity contribution >= 4 is 5.78 Å². The Morgan fingerprint density at radius 2 is 2.28 bits per heavy atom. The molecule has 0 amide bonds. The Balaban J connectivity index is 2.40. The minimum Gasteiger partial charge on any atom is -0.497 e. The van der Waals surface area contributed by atoms with Crippen LogP contribution in [0.4, 0.5) is 4.39 Å². The highest BCUT2D eigenvalue weighted by Gasteiger charge is 2.18. The Bertz CT molecular complexity index is 580. The van der Waals surface area contributed by atoms with Crippen molar-refractivity contribution in [2.45, 2.75) is 13.5 Å². The molecule has 0 atom stereocenters. The van der Waals surface area contributed by atoms with Gasteiger partial charge in [-0.15, -0.1) is 5.10 Å². The van der Waals surface area contributed by atoms with Crippen molar-refractivity contribution < 1.29 is 13.9 Å². The van der Waals surface area contributed by atoms with E-state index in [0.29, 0.717) is 12.3 Å². The predicted molar refractivity (Wildman–Crippen MR) is 62.1 cm³/mol. The Morgan fingerprint density at radius 1 is 1.50 bits per heavy atom. The number of halogens is 1. The molecule has 0 fully saturated rings. The lowest BCUT2D eigenvalue weighted by molar-refractivity contribution is 0.102. The molecule has 2 rings (SSSR count). The summed E-state index contributed by atoms with van der Waals surface area (Å²) in [6.45, 7) is 2.33. The molecule has 0 saturated heterocycles. The normalized spacial score (nSPS) is 10.4. The molecule has 0 saturated carbocycles. The maximum absolute atomic E-state index is 13.8. The smallest absolute Gasteiger partial charge is 0.215 e. The average Bonchev–Trinajstić information content (AvgIpc) is 2.86. The Kier molecular flexibility index (Phi) is 3.36. The van der Waals surface area contributed by atoms with Crippen molar-refractivity contribution in [3.05, 3.63) is 41.5 Å². The van der Waals surface area contributed by atoms with Gasteiger partial charge in [0, 0.05) is 12.6 Å². The molecule has 1 aromatic heterocycles. The summed E-state index contributed by atoms with van der Waals surface area (Å²) < 4.78 is 20.1. The average molecular weight is 249 g/mol. The summed E-state index contributed by atoms with van der Waals surface area (Å²) in [4.78, 5) is 12.1. The van der Waals surface area contributed by atoms with E-state index in [1.165, 1.54) is 36.2 Å². The van der Waals surface area contributed by atoms with Gasteiger partial charge in [0.1, 0.15) is 17.3 Å². The van der Waals surface area contributed by atoms with Crippen molar-refractivity contribution in [2.24, 2.45) is 0 Å². The van der Waals surface area contributed by atoms with Crippen LogP contribution in [-0.2, 0) is 6.54 Å². The van der Waals surface area contributed by atoms with Gasteiger partial charge in [0.05, 0.1) is 18.9 Å². The highest BCUT2D eigenvalue weighted by atomic mass is 19.1. The number of carbonyl (C=O) groups excluding carboxylic acids is 1. The van der Waals surface area contributed by atoms with Gasteiger partial charge in [0.25, 0.3) is 0 Å². The Morgan fingerprint density at radius 3 is 2.89 bits per heavy atom. The van der Waals surface area contributed by atoms with Gasteiger partial charge in [0.15, 0.2) is 0 Å². The molecular weight excluding hydrogens is 237 g/mol. The number of methoxy groups -OCH3 is 1. The van der Waals surface area contributed by atoms with Crippen molar-refractivity contribution in [3.63, 3.8) is 0 Å². The summed E-state index contributed by atoms with van der Waals surface area (Å²) in [5.74, 6) is -0.698. The first kappa shape index (κ1) is 12.2. The van der Waals surface area contributed by atoms with Crippen molar-refractivity contribution in [2.75, 3.05) is 7.11 Å². The zero-order valence-electron chi connectivity index (χ0n) is 10.1. The van der Waals surface area contributed by atoms with Crippen LogP contribution >= 0.6 is 0 Å². The van der Waals surface area contributed by atoms with Crippen LogP contribution in [0.1, 0.15) is 23.0 Å².